The molecule has 1 aliphatic rings. The Morgan fingerprint density at radius 3 is 2.37 bits per heavy atom. The maximum absolute atomic E-state index is 13.8. The van der Waals surface area contributed by atoms with Crippen molar-refractivity contribution in [2.45, 2.75) is 56.6 Å². The number of amides is 1. The summed E-state index contributed by atoms with van der Waals surface area (Å²) < 4.78 is 40.9. The molecule has 3 aromatic carbocycles. The number of hydrogen-bond acceptors (Lipinski definition) is 5. The van der Waals surface area contributed by atoms with Crippen LogP contribution in [0.3, 0.4) is 0 Å². The number of hydrogen-bond donors (Lipinski definition) is 1. The average molecular weight is 557 g/mol. The molecule has 0 aliphatic carbocycles. The number of para-hydroxylation sites is 3. The minimum absolute atomic E-state index is 0.0217. The molecule has 202 valence electrons. The molecule has 0 saturated carbocycles. The quantitative estimate of drug-likeness (QED) is 0.324. The Morgan fingerprint density at radius 1 is 1.03 bits per heavy atom. The highest BCUT2D eigenvalue weighted by Gasteiger charge is 2.39. The Hall–Kier alpha value is -3.23. The SMILES string of the molecule is CCOc1ccccc1N(CC(=O)NC1CC(CC)(CC)Oc2ccccc21)S(=O)(=O)c1ccc(Cl)cc1. The number of halogens is 1. The number of carbonyl (C=O) groups is 1. The van der Waals surface area contributed by atoms with Gasteiger partial charge < -0.3 is 14.8 Å². The van der Waals surface area contributed by atoms with Crippen molar-refractivity contribution in [2.24, 2.45) is 0 Å². The van der Waals surface area contributed by atoms with Crippen LogP contribution in [0.4, 0.5) is 5.69 Å². The number of ether oxygens (including phenoxy) is 2. The molecule has 1 unspecified atom stereocenters. The third kappa shape index (κ3) is 5.76. The minimum Gasteiger partial charge on any atom is -0.492 e. The molecule has 0 saturated heterocycles. The van der Waals surface area contributed by atoms with Gasteiger partial charge in [0.05, 0.1) is 23.2 Å². The van der Waals surface area contributed by atoms with Crippen LogP contribution in [0, 0.1) is 0 Å². The van der Waals surface area contributed by atoms with E-state index in [1.54, 1.807) is 24.3 Å². The monoisotopic (exact) mass is 556 g/mol. The molecule has 1 aliphatic heterocycles. The third-order valence-corrected chi connectivity index (χ3v) is 8.97. The molecule has 0 spiro atoms. The van der Waals surface area contributed by atoms with Gasteiger partial charge in [-0.1, -0.05) is 55.8 Å². The van der Waals surface area contributed by atoms with Crippen LogP contribution in [-0.4, -0.2) is 33.1 Å². The summed E-state index contributed by atoms with van der Waals surface area (Å²) >= 11 is 6.00. The zero-order valence-electron chi connectivity index (χ0n) is 21.8. The van der Waals surface area contributed by atoms with Gasteiger partial charge in [0.1, 0.15) is 23.6 Å². The normalized spacial score (nSPS) is 16.2. The van der Waals surface area contributed by atoms with E-state index in [9.17, 15) is 13.2 Å². The summed E-state index contributed by atoms with van der Waals surface area (Å²) in [5.41, 5.74) is 0.742. The molecule has 1 heterocycles. The van der Waals surface area contributed by atoms with Crippen LogP contribution in [0.15, 0.2) is 77.7 Å². The standard InChI is InChI=1S/C29H33ClN2O5S/c1-4-29(5-2)19-24(23-11-7-9-13-26(23)37-29)31-28(33)20-32(25-12-8-10-14-27(25)36-6-3)38(34,35)22-17-15-21(30)16-18-22/h7-18,24H,4-6,19-20H2,1-3H3,(H,31,33). The number of fused-ring (bicyclic) bond motifs is 1. The van der Waals surface area contributed by atoms with Crippen LogP contribution in [0.1, 0.15) is 51.6 Å². The summed E-state index contributed by atoms with van der Waals surface area (Å²) in [6.07, 6.45) is 2.15. The van der Waals surface area contributed by atoms with E-state index in [1.165, 1.54) is 24.3 Å². The van der Waals surface area contributed by atoms with Gasteiger partial charge in [-0.2, -0.15) is 0 Å². The maximum atomic E-state index is 13.8. The summed E-state index contributed by atoms with van der Waals surface area (Å²) in [7, 11) is -4.13. The van der Waals surface area contributed by atoms with Gasteiger partial charge in [0.25, 0.3) is 10.0 Å². The largest absolute Gasteiger partial charge is 0.492 e. The second-order valence-corrected chi connectivity index (χ2v) is 11.5. The van der Waals surface area contributed by atoms with Crippen LogP contribution >= 0.6 is 11.6 Å². The van der Waals surface area contributed by atoms with Crippen LogP contribution in [-0.2, 0) is 14.8 Å². The van der Waals surface area contributed by atoms with E-state index < -0.39 is 28.1 Å². The zero-order chi connectivity index (χ0) is 27.3. The summed E-state index contributed by atoms with van der Waals surface area (Å²) in [5.74, 6) is 0.671. The van der Waals surface area contributed by atoms with Crippen LogP contribution in [0.25, 0.3) is 0 Å². The van der Waals surface area contributed by atoms with Crippen molar-refractivity contribution in [1.82, 2.24) is 5.32 Å². The molecule has 1 N–H and O–H groups in total. The fourth-order valence-corrected chi connectivity index (χ4v) is 6.33. The van der Waals surface area contributed by atoms with Gasteiger partial charge in [-0.05, 0) is 62.2 Å². The molecule has 0 radical (unpaired) electrons. The topological polar surface area (TPSA) is 84.9 Å². The van der Waals surface area contributed by atoms with E-state index in [0.29, 0.717) is 23.8 Å². The number of nitrogens with one attached hydrogen (secondary N) is 1. The summed E-state index contributed by atoms with van der Waals surface area (Å²) in [5, 5.41) is 3.51. The number of sulfonamides is 1. The van der Waals surface area contributed by atoms with Crippen LogP contribution in [0.2, 0.25) is 5.02 Å². The summed E-state index contributed by atoms with van der Waals surface area (Å²) in [6, 6.07) is 20.0. The summed E-state index contributed by atoms with van der Waals surface area (Å²) in [6.45, 7) is 5.87. The first-order chi connectivity index (χ1) is 18.2. The molecule has 0 aromatic heterocycles. The van der Waals surface area contributed by atoms with Gasteiger partial charge in [0, 0.05) is 17.0 Å². The minimum atomic E-state index is -4.13. The predicted molar refractivity (Wildman–Crippen MR) is 149 cm³/mol. The molecule has 4 rings (SSSR count). The molecular weight excluding hydrogens is 524 g/mol. The predicted octanol–water partition coefficient (Wildman–Crippen LogP) is 6.13. The number of benzene rings is 3. The van der Waals surface area contributed by atoms with E-state index in [1.807, 2.05) is 31.2 Å². The molecule has 7 nitrogen and oxygen atoms in total. The second kappa shape index (κ2) is 11.7. The molecule has 0 bridgehead atoms. The van der Waals surface area contributed by atoms with E-state index in [0.717, 1.165) is 28.5 Å². The molecule has 1 atom stereocenters. The van der Waals surface area contributed by atoms with Crippen molar-refractivity contribution in [1.29, 1.82) is 0 Å². The molecule has 1 amide bonds. The zero-order valence-corrected chi connectivity index (χ0v) is 23.4. The Labute approximate surface area is 229 Å². The number of anilines is 1. The smallest absolute Gasteiger partial charge is 0.264 e. The maximum Gasteiger partial charge on any atom is 0.264 e. The fourth-order valence-electron chi connectivity index (χ4n) is 4.77. The number of rotatable bonds is 10. The Morgan fingerprint density at radius 2 is 1.68 bits per heavy atom. The highest BCUT2D eigenvalue weighted by molar-refractivity contribution is 7.92. The van der Waals surface area contributed by atoms with Crippen LogP contribution in [0.5, 0.6) is 11.5 Å². The van der Waals surface area contributed by atoms with Gasteiger partial charge in [0.2, 0.25) is 5.91 Å². The van der Waals surface area contributed by atoms with Gasteiger partial charge in [-0.3, -0.25) is 9.10 Å². The van der Waals surface area contributed by atoms with E-state index >= 15 is 0 Å². The van der Waals surface area contributed by atoms with E-state index in [-0.39, 0.29) is 16.6 Å². The van der Waals surface area contributed by atoms with Crippen molar-refractivity contribution in [3.63, 3.8) is 0 Å². The third-order valence-electron chi connectivity index (χ3n) is 6.94. The van der Waals surface area contributed by atoms with Crippen molar-refractivity contribution < 1.29 is 22.7 Å². The summed E-state index contributed by atoms with van der Waals surface area (Å²) in [4.78, 5) is 13.6. The van der Waals surface area contributed by atoms with Gasteiger partial charge >= 0.3 is 0 Å². The number of nitrogens with zero attached hydrogens (tertiary/aromatic N) is 1. The van der Waals surface area contributed by atoms with E-state index in [4.69, 9.17) is 21.1 Å². The highest BCUT2D eigenvalue weighted by Crippen LogP contribution is 2.42. The molecule has 9 heteroatoms. The average Bonchev–Trinajstić information content (AvgIpc) is 2.92. The van der Waals surface area contributed by atoms with Gasteiger partial charge in [-0.25, -0.2) is 8.42 Å². The lowest BCUT2D eigenvalue weighted by atomic mass is 9.83. The molecular formula is C29H33ClN2O5S. The van der Waals surface area contributed by atoms with E-state index in [2.05, 4.69) is 19.2 Å². The Bertz CT molecular complexity index is 1370. The first-order valence-corrected chi connectivity index (χ1v) is 14.6. The van der Waals surface area contributed by atoms with Crippen molar-refractivity contribution in [2.75, 3.05) is 17.5 Å². The fraction of sp³-hybridized carbons (Fsp3) is 0.345. The van der Waals surface area contributed by atoms with Crippen molar-refractivity contribution >= 4 is 33.2 Å². The molecule has 0 fully saturated rings. The second-order valence-electron chi connectivity index (χ2n) is 9.22. The lowest BCUT2D eigenvalue weighted by Crippen LogP contribution is -2.47. The van der Waals surface area contributed by atoms with Crippen molar-refractivity contribution in [3.05, 3.63) is 83.4 Å². The highest BCUT2D eigenvalue weighted by atomic mass is 35.5. The van der Waals surface area contributed by atoms with Crippen LogP contribution < -0.4 is 19.1 Å². The van der Waals surface area contributed by atoms with Gasteiger partial charge in [0.15, 0.2) is 0 Å². The Balaban J connectivity index is 1.69. The Kier molecular flexibility index (Phi) is 8.53. The molecule has 38 heavy (non-hydrogen) atoms. The van der Waals surface area contributed by atoms with Crippen molar-refractivity contribution in [3.8, 4) is 11.5 Å². The molecule has 3 aromatic rings. The first-order valence-electron chi connectivity index (χ1n) is 12.8. The lowest BCUT2D eigenvalue weighted by molar-refractivity contribution is -0.121. The van der Waals surface area contributed by atoms with Gasteiger partial charge in [-0.15, -0.1) is 0 Å². The first kappa shape index (κ1) is 27.8. The lowest BCUT2D eigenvalue weighted by Gasteiger charge is -2.41. The number of carbonyl (C=O) groups excluding carboxylic acids is 1.